The molecule has 0 N–H and O–H groups in total. The monoisotopic (exact) mass is 549 g/mol. The molecular formula is C27H36ClN3O3S2. The predicted octanol–water partition coefficient (Wildman–Crippen LogP) is 5.97. The number of anilines is 1. The largest absolute Gasteiger partial charge is 0.497 e. The number of carbonyl (C=O) groups is 1. The van der Waals surface area contributed by atoms with Crippen molar-refractivity contribution in [3.8, 4) is 5.75 Å². The van der Waals surface area contributed by atoms with Gasteiger partial charge in [-0.3, -0.25) is 14.6 Å². The summed E-state index contributed by atoms with van der Waals surface area (Å²) in [7, 11) is 1.67. The first kappa shape index (κ1) is 28.7. The van der Waals surface area contributed by atoms with Crippen LogP contribution >= 0.6 is 35.5 Å². The summed E-state index contributed by atoms with van der Waals surface area (Å²) in [5.41, 5.74) is 3.45. The van der Waals surface area contributed by atoms with Gasteiger partial charge >= 0.3 is 0 Å². The zero-order valence-corrected chi connectivity index (χ0v) is 23.8. The second-order valence-corrected chi connectivity index (χ2v) is 11.0. The molecule has 0 aliphatic carbocycles. The number of carbonyl (C=O) groups excluding carboxylic acids is 1. The molecule has 0 saturated carbocycles. The number of aromatic nitrogens is 1. The summed E-state index contributed by atoms with van der Waals surface area (Å²) >= 11 is 3.40. The summed E-state index contributed by atoms with van der Waals surface area (Å²) in [4.78, 5) is 23.8. The number of thioether (sulfide) groups is 1. The van der Waals surface area contributed by atoms with Crippen molar-refractivity contribution in [1.29, 1.82) is 0 Å². The van der Waals surface area contributed by atoms with Crippen LogP contribution in [0.15, 0.2) is 41.3 Å². The van der Waals surface area contributed by atoms with Crippen LogP contribution in [-0.2, 0) is 9.53 Å². The van der Waals surface area contributed by atoms with Gasteiger partial charge in [0, 0.05) is 37.5 Å². The minimum absolute atomic E-state index is 0. The Labute approximate surface area is 228 Å². The molecule has 0 radical (unpaired) electrons. The van der Waals surface area contributed by atoms with Gasteiger partial charge in [-0.2, -0.15) is 0 Å². The quantitative estimate of drug-likeness (QED) is 0.217. The molecule has 1 aliphatic heterocycles. The molecule has 0 atom stereocenters. The molecule has 36 heavy (non-hydrogen) atoms. The number of ether oxygens (including phenoxy) is 2. The van der Waals surface area contributed by atoms with Crippen molar-refractivity contribution in [2.45, 2.75) is 38.0 Å². The van der Waals surface area contributed by atoms with Crippen molar-refractivity contribution >= 4 is 56.8 Å². The summed E-state index contributed by atoms with van der Waals surface area (Å²) in [5, 5.41) is 0.823. The molecule has 0 bridgehead atoms. The fourth-order valence-electron chi connectivity index (χ4n) is 4.15. The van der Waals surface area contributed by atoms with Crippen LogP contribution in [0.4, 0.5) is 5.13 Å². The molecule has 4 rings (SSSR count). The van der Waals surface area contributed by atoms with Crippen LogP contribution < -0.4 is 9.64 Å². The van der Waals surface area contributed by atoms with Gasteiger partial charge in [0.1, 0.15) is 5.75 Å². The molecule has 6 nitrogen and oxygen atoms in total. The zero-order chi connectivity index (χ0) is 24.6. The summed E-state index contributed by atoms with van der Waals surface area (Å²) in [5.74, 6) is 1.92. The highest BCUT2D eigenvalue weighted by atomic mass is 35.5. The van der Waals surface area contributed by atoms with Crippen LogP contribution in [0.2, 0.25) is 0 Å². The minimum Gasteiger partial charge on any atom is -0.497 e. The highest BCUT2D eigenvalue weighted by Gasteiger charge is 2.21. The highest BCUT2D eigenvalue weighted by Crippen LogP contribution is 2.32. The van der Waals surface area contributed by atoms with Crippen LogP contribution in [-0.4, -0.2) is 68.0 Å². The molecule has 1 saturated heterocycles. The second kappa shape index (κ2) is 14.2. The number of fused-ring (bicyclic) bond motifs is 1. The Balaban J connectivity index is 0.00000361. The van der Waals surface area contributed by atoms with E-state index in [2.05, 4.69) is 43.0 Å². The van der Waals surface area contributed by atoms with Gasteiger partial charge in [0.25, 0.3) is 0 Å². The van der Waals surface area contributed by atoms with Crippen molar-refractivity contribution in [2.24, 2.45) is 0 Å². The second-order valence-electron chi connectivity index (χ2n) is 8.83. The molecule has 9 heteroatoms. The molecular weight excluding hydrogens is 514 g/mol. The Morgan fingerprint density at radius 3 is 2.61 bits per heavy atom. The van der Waals surface area contributed by atoms with Crippen LogP contribution in [0.25, 0.3) is 10.2 Å². The van der Waals surface area contributed by atoms with E-state index >= 15 is 0 Å². The number of amides is 1. The molecule has 1 aromatic heterocycles. The number of aryl methyl sites for hydroxylation is 2. The van der Waals surface area contributed by atoms with Crippen molar-refractivity contribution in [3.05, 3.63) is 47.5 Å². The molecule has 196 valence electrons. The lowest BCUT2D eigenvalue weighted by Crippen LogP contribution is -2.39. The maximum absolute atomic E-state index is 13.4. The number of nitrogens with zero attached hydrogens (tertiary/aromatic N) is 3. The summed E-state index contributed by atoms with van der Waals surface area (Å²) < 4.78 is 11.8. The van der Waals surface area contributed by atoms with Gasteiger partial charge in [-0.25, -0.2) is 4.98 Å². The van der Waals surface area contributed by atoms with E-state index in [1.54, 1.807) is 30.2 Å². The lowest BCUT2D eigenvalue weighted by atomic mass is 10.1. The van der Waals surface area contributed by atoms with Crippen molar-refractivity contribution in [3.63, 3.8) is 0 Å². The smallest absolute Gasteiger partial charge is 0.228 e. The summed E-state index contributed by atoms with van der Waals surface area (Å²) in [6.07, 6.45) is 2.29. The molecule has 1 aliphatic rings. The van der Waals surface area contributed by atoms with E-state index in [4.69, 9.17) is 14.5 Å². The van der Waals surface area contributed by atoms with E-state index < -0.39 is 0 Å². The third kappa shape index (κ3) is 7.59. The topological polar surface area (TPSA) is 54.9 Å². The molecule has 3 aromatic rings. The number of methoxy groups -OCH3 is 1. The van der Waals surface area contributed by atoms with Crippen molar-refractivity contribution in [1.82, 2.24) is 9.88 Å². The van der Waals surface area contributed by atoms with Crippen LogP contribution in [0.5, 0.6) is 5.75 Å². The van der Waals surface area contributed by atoms with Crippen LogP contribution in [0.1, 0.15) is 30.4 Å². The Bertz CT molecular complexity index is 1120. The number of morpholine rings is 1. The van der Waals surface area contributed by atoms with Gasteiger partial charge in [-0.05, 0) is 73.9 Å². The van der Waals surface area contributed by atoms with Crippen LogP contribution in [0, 0.1) is 13.8 Å². The van der Waals surface area contributed by atoms with Gasteiger partial charge in [-0.1, -0.05) is 17.4 Å². The molecule has 2 heterocycles. The van der Waals surface area contributed by atoms with Gasteiger partial charge in [0.2, 0.25) is 5.91 Å². The van der Waals surface area contributed by atoms with E-state index in [1.807, 2.05) is 17.0 Å². The Morgan fingerprint density at radius 1 is 1.14 bits per heavy atom. The van der Waals surface area contributed by atoms with E-state index in [9.17, 15) is 4.79 Å². The number of thiazole rings is 1. The summed E-state index contributed by atoms with van der Waals surface area (Å²) in [6, 6.07) is 12.3. The number of hydrogen-bond acceptors (Lipinski definition) is 7. The first-order valence-electron chi connectivity index (χ1n) is 12.3. The highest BCUT2D eigenvalue weighted by molar-refractivity contribution is 7.99. The third-order valence-corrected chi connectivity index (χ3v) is 8.57. The zero-order valence-electron chi connectivity index (χ0n) is 21.3. The molecule has 0 spiro atoms. The molecule has 1 fully saturated rings. The number of rotatable bonds is 11. The van der Waals surface area contributed by atoms with Crippen LogP contribution in [0.3, 0.4) is 0 Å². The third-order valence-electron chi connectivity index (χ3n) is 6.43. The molecule has 1 amide bonds. The first-order chi connectivity index (χ1) is 17.0. The fraction of sp³-hybridized carbons (Fsp3) is 0.481. The SMILES string of the molecule is COc1ccc(SCCCC(=O)N(CCCN2CCOCC2)c2nc3c(C)c(C)ccc3s2)cc1.Cl. The van der Waals surface area contributed by atoms with Gasteiger partial charge in [-0.15, -0.1) is 24.2 Å². The number of halogens is 1. The van der Waals surface area contributed by atoms with Crippen molar-refractivity contribution < 1.29 is 14.3 Å². The van der Waals surface area contributed by atoms with Crippen molar-refractivity contribution in [2.75, 3.05) is 57.2 Å². The fourth-order valence-corrected chi connectivity index (χ4v) is 6.08. The standard InChI is InChI=1S/C27H35N3O3S2.ClH/c1-20-7-12-24-26(21(20)2)28-27(35-24)30(14-5-13-29-15-17-33-18-16-29)25(31)6-4-19-34-23-10-8-22(32-3)9-11-23;/h7-12H,4-6,13-19H2,1-3H3;1H. The maximum Gasteiger partial charge on any atom is 0.228 e. The van der Waals surface area contributed by atoms with Gasteiger partial charge < -0.3 is 9.47 Å². The normalized spacial score (nSPS) is 14.0. The van der Waals surface area contributed by atoms with E-state index in [-0.39, 0.29) is 18.3 Å². The van der Waals surface area contributed by atoms with E-state index in [0.717, 1.165) is 72.5 Å². The van der Waals surface area contributed by atoms with E-state index in [0.29, 0.717) is 13.0 Å². The lowest BCUT2D eigenvalue weighted by molar-refractivity contribution is -0.118. The Morgan fingerprint density at radius 2 is 1.89 bits per heavy atom. The Hall–Kier alpha value is -1.84. The predicted molar refractivity (Wildman–Crippen MR) is 154 cm³/mol. The van der Waals surface area contributed by atoms with Gasteiger partial charge in [0.15, 0.2) is 5.13 Å². The number of hydrogen-bond donors (Lipinski definition) is 0. The number of benzene rings is 2. The summed E-state index contributed by atoms with van der Waals surface area (Å²) in [6.45, 7) is 9.42. The lowest BCUT2D eigenvalue weighted by Gasteiger charge is -2.27. The average molecular weight is 550 g/mol. The van der Waals surface area contributed by atoms with E-state index in [1.165, 1.54) is 16.0 Å². The Kier molecular flexibility index (Phi) is 11.3. The maximum atomic E-state index is 13.4. The average Bonchev–Trinajstić information content (AvgIpc) is 3.32. The van der Waals surface area contributed by atoms with Gasteiger partial charge in [0.05, 0.1) is 30.5 Å². The molecule has 0 unspecified atom stereocenters. The first-order valence-corrected chi connectivity index (χ1v) is 14.1. The molecule has 2 aromatic carbocycles. The minimum atomic E-state index is 0.